The molecular weight excluding hydrogens is 258 g/mol. The first-order valence-corrected chi connectivity index (χ1v) is 6.94. The summed E-state index contributed by atoms with van der Waals surface area (Å²) in [7, 11) is 1.55. The lowest BCUT2D eigenvalue weighted by Crippen LogP contribution is -2.34. The Bertz CT molecular complexity index is 475. The van der Waals surface area contributed by atoms with Crippen molar-refractivity contribution in [3.8, 4) is 5.75 Å². The van der Waals surface area contributed by atoms with E-state index in [0.29, 0.717) is 11.4 Å². The summed E-state index contributed by atoms with van der Waals surface area (Å²) in [4.78, 5) is 11.3. The van der Waals surface area contributed by atoms with E-state index in [9.17, 15) is 15.0 Å². The summed E-state index contributed by atoms with van der Waals surface area (Å²) >= 11 is 0. The lowest BCUT2D eigenvalue weighted by molar-refractivity contribution is 0.0698. The van der Waals surface area contributed by atoms with Crippen molar-refractivity contribution >= 4 is 11.7 Å². The summed E-state index contributed by atoms with van der Waals surface area (Å²) in [5, 5.41) is 22.0. The predicted molar refractivity (Wildman–Crippen MR) is 76.4 cm³/mol. The van der Waals surface area contributed by atoms with Gasteiger partial charge in [-0.3, -0.25) is 0 Å². The van der Waals surface area contributed by atoms with Gasteiger partial charge < -0.3 is 20.3 Å². The number of benzene rings is 1. The first-order chi connectivity index (χ1) is 9.65. The normalized spacial score (nSPS) is 22.3. The zero-order valence-electron chi connectivity index (χ0n) is 11.6. The smallest absolute Gasteiger partial charge is 0.337 e. The number of methoxy groups -OCH3 is 1. The molecule has 1 aromatic rings. The Morgan fingerprint density at radius 3 is 2.80 bits per heavy atom. The number of carboxylic acid groups (broad SMARTS) is 1. The Morgan fingerprint density at radius 2 is 2.15 bits per heavy atom. The van der Waals surface area contributed by atoms with Crippen LogP contribution in [0.2, 0.25) is 0 Å². The van der Waals surface area contributed by atoms with Crippen LogP contribution in [0.1, 0.15) is 36.0 Å². The third-order valence-corrected chi connectivity index (χ3v) is 3.94. The first kappa shape index (κ1) is 14.7. The van der Waals surface area contributed by atoms with Crippen LogP contribution in [-0.2, 0) is 0 Å². The number of aromatic carboxylic acids is 1. The van der Waals surface area contributed by atoms with Crippen LogP contribution in [0, 0.1) is 5.92 Å². The highest BCUT2D eigenvalue weighted by atomic mass is 16.5. The van der Waals surface area contributed by atoms with Crippen molar-refractivity contribution in [2.24, 2.45) is 5.92 Å². The Kier molecular flexibility index (Phi) is 4.84. The van der Waals surface area contributed by atoms with Crippen molar-refractivity contribution in [2.45, 2.75) is 31.7 Å². The van der Waals surface area contributed by atoms with Crippen LogP contribution < -0.4 is 10.1 Å². The molecule has 0 spiro atoms. The topological polar surface area (TPSA) is 78.8 Å². The Morgan fingerprint density at radius 1 is 1.40 bits per heavy atom. The van der Waals surface area contributed by atoms with Crippen LogP contribution in [0.4, 0.5) is 5.69 Å². The highest BCUT2D eigenvalue weighted by Crippen LogP contribution is 2.30. The highest BCUT2D eigenvalue weighted by molar-refractivity contribution is 5.94. The maximum absolute atomic E-state index is 11.3. The van der Waals surface area contributed by atoms with Gasteiger partial charge in [-0.15, -0.1) is 0 Å². The fourth-order valence-electron chi connectivity index (χ4n) is 2.77. The van der Waals surface area contributed by atoms with E-state index >= 15 is 0 Å². The summed E-state index contributed by atoms with van der Waals surface area (Å²) in [6.07, 6.45) is 4.13. The van der Waals surface area contributed by atoms with Crippen LogP contribution in [0.15, 0.2) is 18.2 Å². The van der Waals surface area contributed by atoms with Crippen LogP contribution >= 0.6 is 0 Å². The lowest BCUT2D eigenvalue weighted by atomic mass is 9.85. The molecule has 1 aliphatic carbocycles. The van der Waals surface area contributed by atoms with Crippen molar-refractivity contribution in [3.63, 3.8) is 0 Å². The molecule has 2 atom stereocenters. The quantitative estimate of drug-likeness (QED) is 0.771. The van der Waals surface area contributed by atoms with E-state index < -0.39 is 5.97 Å². The molecule has 5 nitrogen and oxygen atoms in total. The molecule has 1 saturated carbocycles. The summed E-state index contributed by atoms with van der Waals surface area (Å²) in [5.41, 5.74) is 0.787. The molecule has 3 N–H and O–H groups in total. The van der Waals surface area contributed by atoms with Gasteiger partial charge in [0.1, 0.15) is 5.75 Å². The van der Waals surface area contributed by atoms with Gasteiger partial charge in [-0.25, -0.2) is 4.79 Å². The predicted octanol–water partition coefficient (Wildman–Crippen LogP) is 2.36. The molecular formula is C15H21NO4. The molecule has 5 heteroatoms. The number of aliphatic hydroxyl groups excluding tert-OH is 1. The molecule has 1 aromatic carbocycles. The maximum Gasteiger partial charge on any atom is 0.337 e. The van der Waals surface area contributed by atoms with E-state index in [0.717, 1.165) is 25.7 Å². The molecule has 0 amide bonds. The van der Waals surface area contributed by atoms with E-state index in [-0.39, 0.29) is 24.1 Å². The molecule has 0 bridgehead atoms. The summed E-state index contributed by atoms with van der Waals surface area (Å²) < 4.78 is 5.15. The number of anilines is 1. The van der Waals surface area contributed by atoms with Gasteiger partial charge in [-0.2, -0.15) is 0 Å². The standard InChI is InChI=1S/C15H21NO4/c1-20-11-6-7-12(15(18)19)14(8-11)16-13-5-3-2-4-10(13)9-17/h6-8,10,13,16-17H,2-5,9H2,1H3,(H,18,19). The largest absolute Gasteiger partial charge is 0.497 e. The number of ether oxygens (including phenoxy) is 1. The molecule has 0 radical (unpaired) electrons. The fourth-order valence-corrected chi connectivity index (χ4v) is 2.77. The number of hydrogen-bond acceptors (Lipinski definition) is 4. The Labute approximate surface area is 118 Å². The van der Waals surface area contributed by atoms with Gasteiger partial charge in [0, 0.05) is 24.6 Å². The van der Waals surface area contributed by atoms with Gasteiger partial charge in [0.05, 0.1) is 18.4 Å². The van der Waals surface area contributed by atoms with E-state index in [4.69, 9.17) is 4.74 Å². The molecule has 110 valence electrons. The monoisotopic (exact) mass is 279 g/mol. The van der Waals surface area contributed by atoms with E-state index in [1.807, 2.05) is 0 Å². The zero-order chi connectivity index (χ0) is 14.5. The number of aliphatic hydroxyl groups is 1. The highest BCUT2D eigenvalue weighted by Gasteiger charge is 2.25. The number of rotatable bonds is 5. The van der Waals surface area contributed by atoms with Crippen LogP contribution in [0.25, 0.3) is 0 Å². The minimum absolute atomic E-state index is 0.110. The van der Waals surface area contributed by atoms with Crippen molar-refractivity contribution in [1.29, 1.82) is 0 Å². The molecule has 2 rings (SSSR count). The SMILES string of the molecule is COc1ccc(C(=O)O)c(NC2CCCCC2CO)c1. The van der Waals surface area contributed by atoms with E-state index in [2.05, 4.69) is 5.32 Å². The average molecular weight is 279 g/mol. The van der Waals surface area contributed by atoms with E-state index in [1.54, 1.807) is 25.3 Å². The molecule has 20 heavy (non-hydrogen) atoms. The third kappa shape index (κ3) is 3.22. The van der Waals surface area contributed by atoms with Gasteiger partial charge in [0.25, 0.3) is 0 Å². The number of nitrogens with one attached hydrogen (secondary N) is 1. The second-order valence-corrected chi connectivity index (χ2v) is 5.19. The third-order valence-electron chi connectivity index (χ3n) is 3.94. The molecule has 1 aliphatic rings. The second kappa shape index (κ2) is 6.61. The average Bonchev–Trinajstić information content (AvgIpc) is 2.47. The van der Waals surface area contributed by atoms with Gasteiger partial charge >= 0.3 is 5.97 Å². The zero-order valence-corrected chi connectivity index (χ0v) is 11.6. The molecule has 2 unspecified atom stereocenters. The number of carboxylic acids is 1. The first-order valence-electron chi connectivity index (χ1n) is 6.94. The molecule has 0 aromatic heterocycles. The summed E-state index contributed by atoms with van der Waals surface area (Å²) in [6, 6.07) is 4.99. The molecule has 0 saturated heterocycles. The van der Waals surface area contributed by atoms with Crippen molar-refractivity contribution in [3.05, 3.63) is 23.8 Å². The minimum Gasteiger partial charge on any atom is -0.497 e. The molecule has 0 heterocycles. The van der Waals surface area contributed by atoms with Crippen molar-refractivity contribution < 1.29 is 19.7 Å². The fraction of sp³-hybridized carbons (Fsp3) is 0.533. The Balaban J connectivity index is 2.23. The van der Waals surface area contributed by atoms with Gasteiger partial charge in [0.2, 0.25) is 0 Å². The Hall–Kier alpha value is -1.75. The lowest BCUT2D eigenvalue weighted by Gasteiger charge is -2.32. The van der Waals surface area contributed by atoms with Crippen LogP contribution in [-0.4, -0.2) is 35.9 Å². The maximum atomic E-state index is 11.3. The number of hydrogen-bond donors (Lipinski definition) is 3. The van der Waals surface area contributed by atoms with Gasteiger partial charge in [0.15, 0.2) is 0 Å². The van der Waals surface area contributed by atoms with Gasteiger partial charge in [-0.1, -0.05) is 12.8 Å². The second-order valence-electron chi connectivity index (χ2n) is 5.19. The van der Waals surface area contributed by atoms with Crippen LogP contribution in [0.3, 0.4) is 0 Å². The molecule has 0 aliphatic heterocycles. The summed E-state index contributed by atoms with van der Waals surface area (Å²) in [6.45, 7) is 0.129. The van der Waals surface area contributed by atoms with Crippen molar-refractivity contribution in [2.75, 3.05) is 19.0 Å². The van der Waals surface area contributed by atoms with E-state index in [1.165, 1.54) is 0 Å². The number of carbonyl (C=O) groups is 1. The summed E-state index contributed by atoms with van der Waals surface area (Å²) in [5.74, 6) is -0.169. The minimum atomic E-state index is -0.966. The molecule has 1 fully saturated rings. The van der Waals surface area contributed by atoms with Crippen LogP contribution in [0.5, 0.6) is 5.75 Å². The van der Waals surface area contributed by atoms with Gasteiger partial charge in [-0.05, 0) is 25.0 Å². The van der Waals surface area contributed by atoms with Crippen molar-refractivity contribution in [1.82, 2.24) is 0 Å².